The van der Waals surface area contributed by atoms with Crippen molar-refractivity contribution in [3.8, 4) is 17.2 Å². The smallest absolute Gasteiger partial charge is 0.317 e. The molecule has 204 valence electrons. The molecule has 0 radical (unpaired) electrons. The molecule has 0 fully saturated rings. The van der Waals surface area contributed by atoms with Crippen LogP contribution in [-0.4, -0.2) is 30.5 Å². The van der Waals surface area contributed by atoms with E-state index in [1.54, 1.807) is 18.6 Å². The van der Waals surface area contributed by atoms with Gasteiger partial charge in [-0.1, -0.05) is 35.6 Å². The number of halogens is 1. The highest BCUT2D eigenvalue weighted by molar-refractivity contribution is 14.1. The summed E-state index contributed by atoms with van der Waals surface area (Å²) in [7, 11) is 2.95. The van der Waals surface area contributed by atoms with Crippen LogP contribution >= 0.6 is 33.9 Å². The quantitative estimate of drug-likeness (QED) is 0.228. The second-order valence-electron chi connectivity index (χ2n) is 9.63. The van der Waals surface area contributed by atoms with Gasteiger partial charge in [-0.25, -0.2) is 4.99 Å². The third-order valence-corrected chi connectivity index (χ3v) is 8.85. The number of ether oxygens (including phenoxy) is 4. The van der Waals surface area contributed by atoms with Gasteiger partial charge >= 0.3 is 5.97 Å². The highest BCUT2D eigenvalue weighted by Gasteiger charge is 2.55. The number of methoxy groups -OCH3 is 2. The molecule has 2 aliphatic rings. The van der Waals surface area contributed by atoms with E-state index < -0.39 is 23.7 Å². The number of para-hydroxylation sites is 1. The van der Waals surface area contributed by atoms with Crippen LogP contribution in [0.3, 0.4) is 0 Å². The van der Waals surface area contributed by atoms with Gasteiger partial charge in [0.2, 0.25) is 5.72 Å². The highest BCUT2D eigenvalue weighted by Crippen LogP contribution is 2.47. The Balaban J connectivity index is 1.43. The molecule has 3 unspecified atom stereocenters. The van der Waals surface area contributed by atoms with Crippen molar-refractivity contribution in [2.75, 3.05) is 14.2 Å². The van der Waals surface area contributed by atoms with Crippen LogP contribution in [0.1, 0.15) is 29.7 Å². The molecule has 0 amide bonds. The molecular formula is C30H25IN2O6S. The first-order valence-electron chi connectivity index (χ1n) is 12.6. The van der Waals surface area contributed by atoms with Gasteiger partial charge in [-0.05, 0) is 83.6 Å². The molecule has 1 aromatic heterocycles. The molecule has 3 aromatic carbocycles. The van der Waals surface area contributed by atoms with Crippen molar-refractivity contribution >= 4 is 46.0 Å². The first-order chi connectivity index (χ1) is 19.3. The first kappa shape index (κ1) is 26.6. The number of thiazole rings is 1. The molecule has 0 saturated heterocycles. The number of hydrogen-bond donors (Lipinski definition) is 0. The summed E-state index contributed by atoms with van der Waals surface area (Å²) in [6.07, 6.45) is 1.83. The lowest BCUT2D eigenvalue weighted by atomic mass is 9.81. The number of esters is 1. The van der Waals surface area contributed by atoms with Crippen molar-refractivity contribution in [2.45, 2.75) is 25.3 Å². The van der Waals surface area contributed by atoms with E-state index in [1.165, 1.54) is 18.4 Å². The van der Waals surface area contributed by atoms with Gasteiger partial charge in [-0.2, -0.15) is 0 Å². The predicted octanol–water partition coefficient (Wildman–Crippen LogP) is 4.05. The minimum Gasteiger partial charge on any atom is -0.496 e. The van der Waals surface area contributed by atoms with Crippen molar-refractivity contribution in [1.29, 1.82) is 0 Å². The van der Waals surface area contributed by atoms with Crippen molar-refractivity contribution in [3.05, 3.63) is 107 Å². The predicted molar refractivity (Wildman–Crippen MR) is 159 cm³/mol. The van der Waals surface area contributed by atoms with Crippen LogP contribution in [0, 0.1) is 9.49 Å². The van der Waals surface area contributed by atoms with Gasteiger partial charge in [-0.15, -0.1) is 0 Å². The number of nitrogens with zero attached hydrogens (tertiary/aromatic N) is 2. The molecule has 3 atom stereocenters. The Morgan fingerprint density at radius 3 is 2.67 bits per heavy atom. The first-order valence-corrected chi connectivity index (χ1v) is 14.4. The minimum absolute atomic E-state index is 0.228. The number of carbonyl (C=O) groups is 1. The van der Waals surface area contributed by atoms with Gasteiger partial charge in [0.05, 0.1) is 24.8 Å². The van der Waals surface area contributed by atoms with Crippen molar-refractivity contribution in [3.63, 3.8) is 0 Å². The topological polar surface area (TPSA) is 88.4 Å². The summed E-state index contributed by atoms with van der Waals surface area (Å²) in [5.41, 5.74) is 0.971. The Kier molecular flexibility index (Phi) is 6.91. The van der Waals surface area contributed by atoms with E-state index in [2.05, 4.69) is 22.6 Å². The molecule has 0 aliphatic carbocycles. The number of aromatic nitrogens is 1. The maximum absolute atomic E-state index is 13.9. The van der Waals surface area contributed by atoms with E-state index in [4.69, 9.17) is 23.9 Å². The molecule has 6 rings (SSSR count). The Morgan fingerprint density at radius 2 is 1.93 bits per heavy atom. The van der Waals surface area contributed by atoms with Crippen LogP contribution in [0.4, 0.5) is 0 Å². The SMILES string of the molecule is COC(=O)C1C2c3ccccc3OC1(C)N=c1s/c(=C/c3ccc(OC)c(COc4ccc(I)cc4)c3)c(=O)n12. The van der Waals surface area contributed by atoms with E-state index in [1.807, 2.05) is 72.8 Å². The zero-order chi connectivity index (χ0) is 28.0. The zero-order valence-corrected chi connectivity index (χ0v) is 24.9. The number of hydrogen-bond acceptors (Lipinski definition) is 8. The maximum atomic E-state index is 13.9. The molecule has 0 spiro atoms. The van der Waals surface area contributed by atoms with Crippen LogP contribution in [0.15, 0.2) is 76.5 Å². The summed E-state index contributed by atoms with van der Waals surface area (Å²) in [5, 5.41) is 0. The van der Waals surface area contributed by atoms with Gasteiger partial charge in [0, 0.05) is 14.7 Å². The van der Waals surface area contributed by atoms with Gasteiger partial charge < -0.3 is 18.9 Å². The molecule has 2 aliphatic heterocycles. The van der Waals surface area contributed by atoms with Gasteiger partial charge in [-0.3, -0.25) is 14.2 Å². The Labute approximate surface area is 247 Å². The molecule has 0 saturated carbocycles. The normalized spacial score (nSPS) is 20.9. The average molecular weight is 669 g/mol. The van der Waals surface area contributed by atoms with E-state index in [0.29, 0.717) is 27.4 Å². The zero-order valence-electron chi connectivity index (χ0n) is 21.9. The average Bonchev–Trinajstić information content (AvgIpc) is 3.24. The third kappa shape index (κ3) is 4.58. The molecule has 8 nitrogen and oxygen atoms in total. The van der Waals surface area contributed by atoms with E-state index in [9.17, 15) is 9.59 Å². The second-order valence-corrected chi connectivity index (χ2v) is 11.9. The fourth-order valence-electron chi connectivity index (χ4n) is 5.28. The number of carbonyl (C=O) groups excluding carboxylic acids is 1. The van der Waals surface area contributed by atoms with E-state index >= 15 is 0 Å². The monoisotopic (exact) mass is 668 g/mol. The number of rotatable bonds is 6. The molecule has 10 heteroatoms. The number of fused-ring (bicyclic) bond motifs is 6. The summed E-state index contributed by atoms with van der Waals surface area (Å²) in [6.45, 7) is 2.06. The maximum Gasteiger partial charge on any atom is 0.317 e. The standard InChI is InChI=1S/C30H25IN2O6S/c1-30-25(28(35)37-3)26(21-6-4-5-7-23(21)39-30)33-27(34)24(40-29(33)32-30)15-17-8-13-22(36-2)18(14-17)16-38-20-11-9-19(31)10-12-20/h4-15,25-26H,16H2,1-3H3/b24-15+. The largest absolute Gasteiger partial charge is 0.496 e. The molecule has 3 heterocycles. The summed E-state index contributed by atoms with van der Waals surface area (Å²) < 4.78 is 26.1. The molecular weight excluding hydrogens is 643 g/mol. The van der Waals surface area contributed by atoms with Crippen LogP contribution < -0.4 is 29.1 Å². The number of benzene rings is 3. The van der Waals surface area contributed by atoms with Crippen molar-refractivity contribution in [2.24, 2.45) is 10.9 Å². The summed E-state index contributed by atoms with van der Waals surface area (Å²) in [6, 6.07) is 20.3. The lowest BCUT2D eigenvalue weighted by Gasteiger charge is -2.44. The molecule has 0 N–H and O–H groups in total. The fraction of sp³-hybridized carbons (Fsp3) is 0.233. The minimum atomic E-state index is -1.21. The van der Waals surface area contributed by atoms with Crippen LogP contribution in [0.5, 0.6) is 17.2 Å². The Hall–Kier alpha value is -3.64. The fourth-order valence-corrected chi connectivity index (χ4v) is 6.73. The summed E-state index contributed by atoms with van der Waals surface area (Å²) >= 11 is 3.52. The van der Waals surface area contributed by atoms with E-state index in [-0.39, 0.29) is 5.56 Å². The van der Waals surface area contributed by atoms with Crippen LogP contribution in [0.2, 0.25) is 0 Å². The van der Waals surface area contributed by atoms with Gasteiger partial charge in [0.25, 0.3) is 5.56 Å². The lowest BCUT2D eigenvalue weighted by molar-refractivity contribution is -0.158. The van der Waals surface area contributed by atoms with Gasteiger partial charge in [0.1, 0.15) is 29.8 Å². The van der Waals surface area contributed by atoms with Crippen molar-refractivity contribution in [1.82, 2.24) is 4.57 Å². The van der Waals surface area contributed by atoms with E-state index in [0.717, 1.165) is 26.0 Å². The van der Waals surface area contributed by atoms with Crippen LogP contribution in [0.25, 0.3) is 6.08 Å². The Morgan fingerprint density at radius 1 is 1.15 bits per heavy atom. The van der Waals surface area contributed by atoms with Gasteiger partial charge in [0.15, 0.2) is 4.80 Å². The molecule has 2 bridgehead atoms. The van der Waals surface area contributed by atoms with Crippen LogP contribution in [-0.2, 0) is 16.1 Å². The third-order valence-electron chi connectivity index (χ3n) is 7.15. The lowest BCUT2D eigenvalue weighted by Crippen LogP contribution is -2.58. The second kappa shape index (κ2) is 10.4. The summed E-state index contributed by atoms with van der Waals surface area (Å²) in [4.78, 5) is 32.1. The van der Waals surface area contributed by atoms with Crippen molar-refractivity contribution < 1.29 is 23.7 Å². The Bertz CT molecular complexity index is 1800. The summed E-state index contributed by atoms with van der Waals surface area (Å²) in [5.74, 6) is 0.751. The highest BCUT2D eigenvalue weighted by atomic mass is 127. The molecule has 40 heavy (non-hydrogen) atoms. The molecule has 4 aromatic rings.